The zero-order chi connectivity index (χ0) is 10.7. The zero-order valence-electron chi connectivity index (χ0n) is 8.96. The summed E-state index contributed by atoms with van der Waals surface area (Å²) in [5.74, 6) is 0. The third kappa shape index (κ3) is 2.53. The molecule has 2 rings (SSSR count). The second-order valence-electron chi connectivity index (χ2n) is 3.82. The third-order valence-electron chi connectivity index (χ3n) is 2.64. The van der Waals surface area contributed by atoms with Crippen LogP contribution in [-0.2, 0) is 18.3 Å². The highest BCUT2D eigenvalue weighted by Gasteiger charge is 2.22. The molecule has 1 fully saturated rings. The fourth-order valence-corrected chi connectivity index (χ4v) is 1.79. The van der Waals surface area contributed by atoms with Gasteiger partial charge in [0.1, 0.15) is 0 Å². The molecule has 0 spiro atoms. The molecule has 1 aliphatic heterocycles. The predicted octanol–water partition coefficient (Wildman–Crippen LogP) is -1.03. The average molecular weight is 211 g/mol. The summed E-state index contributed by atoms with van der Waals surface area (Å²) in [5, 5.41) is 7.98. The van der Waals surface area contributed by atoms with Crippen LogP contribution in [0, 0.1) is 0 Å². The monoisotopic (exact) mass is 211 g/mol. The quantitative estimate of drug-likeness (QED) is 0.692. The van der Waals surface area contributed by atoms with Crippen LogP contribution >= 0.6 is 0 Å². The van der Waals surface area contributed by atoms with Crippen molar-refractivity contribution in [3.8, 4) is 0 Å². The summed E-state index contributed by atoms with van der Waals surface area (Å²) in [4.78, 5) is 2.30. The smallest absolute Gasteiger partial charge is 0.0967 e. The number of ether oxygens (including phenoxy) is 1. The molecular formula is C9H17N5O. The predicted molar refractivity (Wildman–Crippen MR) is 55.1 cm³/mol. The van der Waals surface area contributed by atoms with Gasteiger partial charge in [-0.3, -0.25) is 9.58 Å². The van der Waals surface area contributed by atoms with Crippen LogP contribution in [-0.4, -0.2) is 52.2 Å². The zero-order valence-corrected chi connectivity index (χ0v) is 8.96. The van der Waals surface area contributed by atoms with Crippen LogP contribution in [0.15, 0.2) is 6.20 Å². The second kappa shape index (κ2) is 4.69. The molecule has 6 nitrogen and oxygen atoms in total. The van der Waals surface area contributed by atoms with Crippen molar-refractivity contribution in [2.75, 3.05) is 26.3 Å². The summed E-state index contributed by atoms with van der Waals surface area (Å²) in [6.45, 7) is 3.84. The minimum Gasteiger partial charge on any atom is -0.378 e. The van der Waals surface area contributed by atoms with Gasteiger partial charge in [0.2, 0.25) is 0 Å². The van der Waals surface area contributed by atoms with E-state index < -0.39 is 0 Å². The van der Waals surface area contributed by atoms with Crippen LogP contribution in [0.2, 0.25) is 0 Å². The van der Waals surface area contributed by atoms with Crippen LogP contribution in [0.25, 0.3) is 0 Å². The first kappa shape index (κ1) is 10.5. The fourth-order valence-electron chi connectivity index (χ4n) is 1.79. The Hall–Kier alpha value is -0.980. The number of aryl methyl sites for hydroxylation is 1. The summed E-state index contributed by atoms with van der Waals surface area (Å²) >= 11 is 0. The van der Waals surface area contributed by atoms with Gasteiger partial charge in [-0.25, -0.2) is 0 Å². The molecule has 0 radical (unpaired) electrons. The van der Waals surface area contributed by atoms with E-state index in [4.69, 9.17) is 10.5 Å². The van der Waals surface area contributed by atoms with Crippen LogP contribution < -0.4 is 5.73 Å². The molecule has 0 aromatic carbocycles. The summed E-state index contributed by atoms with van der Waals surface area (Å²) in [5.41, 5.74) is 6.67. The SMILES string of the molecule is Cn1cc(CN2CCOCC2CN)nn1. The molecule has 2 heterocycles. The van der Waals surface area contributed by atoms with Crippen molar-refractivity contribution in [2.24, 2.45) is 12.8 Å². The maximum atomic E-state index is 5.69. The maximum Gasteiger partial charge on any atom is 0.0967 e. The molecule has 0 amide bonds. The molecule has 1 aromatic heterocycles. The molecule has 6 heteroatoms. The van der Waals surface area contributed by atoms with Gasteiger partial charge in [-0.05, 0) is 0 Å². The Morgan fingerprint density at radius 2 is 2.53 bits per heavy atom. The fraction of sp³-hybridized carbons (Fsp3) is 0.778. The Morgan fingerprint density at radius 3 is 3.20 bits per heavy atom. The lowest BCUT2D eigenvalue weighted by molar-refractivity contribution is -0.00847. The van der Waals surface area contributed by atoms with Crippen molar-refractivity contribution in [1.29, 1.82) is 0 Å². The first-order chi connectivity index (χ1) is 7.29. The standard InChI is InChI=1S/C9H17N5O/c1-13-5-8(11-12-13)6-14-2-3-15-7-9(14)4-10/h5,9H,2-4,6-7,10H2,1H3. The summed E-state index contributed by atoms with van der Waals surface area (Å²) in [6.07, 6.45) is 1.93. The Morgan fingerprint density at radius 1 is 1.67 bits per heavy atom. The van der Waals surface area contributed by atoms with Crippen LogP contribution in [0.3, 0.4) is 0 Å². The average Bonchev–Trinajstić information content (AvgIpc) is 2.65. The van der Waals surface area contributed by atoms with Gasteiger partial charge >= 0.3 is 0 Å². The van der Waals surface area contributed by atoms with E-state index in [0.29, 0.717) is 12.6 Å². The Labute approximate surface area is 89.0 Å². The number of rotatable bonds is 3. The van der Waals surface area contributed by atoms with Crippen LogP contribution in [0.1, 0.15) is 5.69 Å². The molecule has 0 bridgehead atoms. The van der Waals surface area contributed by atoms with Crippen molar-refractivity contribution < 1.29 is 4.74 Å². The van der Waals surface area contributed by atoms with Gasteiger partial charge in [0.15, 0.2) is 0 Å². The molecule has 1 unspecified atom stereocenters. The molecule has 1 atom stereocenters. The minimum absolute atomic E-state index is 0.306. The molecule has 84 valence electrons. The van der Waals surface area contributed by atoms with Gasteiger partial charge in [-0.15, -0.1) is 5.10 Å². The van der Waals surface area contributed by atoms with Gasteiger partial charge in [0.05, 0.1) is 18.9 Å². The van der Waals surface area contributed by atoms with E-state index in [9.17, 15) is 0 Å². The van der Waals surface area contributed by atoms with Gasteiger partial charge < -0.3 is 10.5 Å². The van der Waals surface area contributed by atoms with Crippen molar-refractivity contribution in [3.05, 3.63) is 11.9 Å². The Balaban J connectivity index is 1.97. The van der Waals surface area contributed by atoms with Gasteiger partial charge in [0, 0.05) is 38.9 Å². The minimum atomic E-state index is 0.306. The number of hydrogen-bond acceptors (Lipinski definition) is 5. The lowest BCUT2D eigenvalue weighted by atomic mass is 10.2. The number of morpholine rings is 1. The van der Waals surface area contributed by atoms with E-state index in [-0.39, 0.29) is 0 Å². The van der Waals surface area contributed by atoms with Gasteiger partial charge in [-0.1, -0.05) is 5.21 Å². The molecule has 1 aliphatic rings. The lowest BCUT2D eigenvalue weighted by Gasteiger charge is -2.34. The van der Waals surface area contributed by atoms with Crippen molar-refractivity contribution in [2.45, 2.75) is 12.6 Å². The Kier molecular flexibility index (Phi) is 3.30. The van der Waals surface area contributed by atoms with Crippen molar-refractivity contribution in [1.82, 2.24) is 19.9 Å². The summed E-state index contributed by atoms with van der Waals surface area (Å²) < 4.78 is 7.10. The number of nitrogens with zero attached hydrogens (tertiary/aromatic N) is 4. The third-order valence-corrected chi connectivity index (χ3v) is 2.64. The normalized spacial score (nSPS) is 23.2. The van der Waals surface area contributed by atoms with Crippen molar-refractivity contribution >= 4 is 0 Å². The second-order valence-corrected chi connectivity index (χ2v) is 3.82. The lowest BCUT2D eigenvalue weighted by Crippen LogP contribution is -2.48. The molecular weight excluding hydrogens is 194 g/mol. The topological polar surface area (TPSA) is 69.2 Å². The van der Waals surface area contributed by atoms with Gasteiger partial charge in [0.25, 0.3) is 0 Å². The molecule has 2 N–H and O–H groups in total. The summed E-state index contributed by atoms with van der Waals surface area (Å²) in [7, 11) is 1.87. The van der Waals surface area contributed by atoms with Crippen molar-refractivity contribution in [3.63, 3.8) is 0 Å². The number of aromatic nitrogens is 3. The molecule has 1 saturated heterocycles. The number of hydrogen-bond donors (Lipinski definition) is 1. The molecule has 0 aliphatic carbocycles. The van der Waals surface area contributed by atoms with E-state index in [2.05, 4.69) is 15.2 Å². The van der Waals surface area contributed by atoms with E-state index in [1.807, 2.05) is 13.2 Å². The van der Waals surface area contributed by atoms with E-state index in [1.54, 1.807) is 4.68 Å². The first-order valence-corrected chi connectivity index (χ1v) is 5.16. The highest BCUT2D eigenvalue weighted by atomic mass is 16.5. The van der Waals surface area contributed by atoms with E-state index in [0.717, 1.165) is 32.0 Å². The van der Waals surface area contributed by atoms with Gasteiger partial charge in [-0.2, -0.15) is 0 Å². The maximum absolute atomic E-state index is 5.69. The van der Waals surface area contributed by atoms with Crippen LogP contribution in [0.5, 0.6) is 0 Å². The van der Waals surface area contributed by atoms with E-state index in [1.165, 1.54) is 0 Å². The molecule has 1 aromatic rings. The van der Waals surface area contributed by atoms with Crippen LogP contribution in [0.4, 0.5) is 0 Å². The Bertz CT molecular complexity index is 313. The molecule has 15 heavy (non-hydrogen) atoms. The largest absolute Gasteiger partial charge is 0.378 e. The van der Waals surface area contributed by atoms with E-state index >= 15 is 0 Å². The highest BCUT2D eigenvalue weighted by molar-refractivity contribution is 4.93. The highest BCUT2D eigenvalue weighted by Crippen LogP contribution is 2.09. The molecule has 0 saturated carbocycles. The first-order valence-electron chi connectivity index (χ1n) is 5.16. The number of nitrogens with two attached hydrogens (primary N) is 1. The summed E-state index contributed by atoms with van der Waals surface area (Å²) in [6, 6.07) is 0.306.